The van der Waals surface area contributed by atoms with Crippen molar-refractivity contribution in [3.05, 3.63) is 41.5 Å². The van der Waals surface area contributed by atoms with Crippen LogP contribution in [0.5, 0.6) is 0 Å². The molecule has 6 heteroatoms. The first kappa shape index (κ1) is 15.2. The molecule has 2 N–H and O–H groups in total. The van der Waals surface area contributed by atoms with Gasteiger partial charge in [-0.15, -0.1) is 0 Å². The smallest absolute Gasteiger partial charge is 0.223 e. The van der Waals surface area contributed by atoms with E-state index in [-0.39, 0.29) is 0 Å². The molecule has 4 rings (SSSR count). The Morgan fingerprint density at radius 3 is 2.25 bits per heavy atom. The van der Waals surface area contributed by atoms with Gasteiger partial charge in [-0.1, -0.05) is 24.3 Å². The molecule has 6 nitrogen and oxygen atoms in total. The summed E-state index contributed by atoms with van der Waals surface area (Å²) in [5.74, 6) is 2.23. The fraction of sp³-hybridized carbons (Fsp3) is 0.444. The van der Waals surface area contributed by atoms with Crippen molar-refractivity contribution < 1.29 is 0 Å². The molecule has 0 amide bonds. The Morgan fingerprint density at radius 1 is 0.875 bits per heavy atom. The first-order valence-electron chi connectivity index (χ1n) is 8.59. The van der Waals surface area contributed by atoms with Gasteiger partial charge in [-0.25, -0.2) is 0 Å². The molecule has 0 radical (unpaired) electrons. The maximum atomic E-state index is 6.02. The average molecular weight is 324 g/mol. The molecule has 2 aromatic rings. The van der Waals surface area contributed by atoms with Gasteiger partial charge in [0, 0.05) is 38.8 Å². The normalized spacial score (nSPS) is 18.5. The SMILES string of the molecule is CN1CCCN(c2cc(N3Cc4ccccc4C3)nc(N)n2)CC1. The Kier molecular flexibility index (Phi) is 3.98. The second-order valence-electron chi connectivity index (χ2n) is 6.71. The zero-order valence-corrected chi connectivity index (χ0v) is 14.1. The minimum Gasteiger partial charge on any atom is -0.368 e. The summed E-state index contributed by atoms with van der Waals surface area (Å²) >= 11 is 0. The summed E-state index contributed by atoms with van der Waals surface area (Å²) in [5.41, 5.74) is 8.76. The molecule has 1 saturated heterocycles. The number of fused-ring (bicyclic) bond motifs is 1. The van der Waals surface area contributed by atoms with Crippen LogP contribution in [0, 0.1) is 0 Å². The summed E-state index contributed by atoms with van der Waals surface area (Å²) in [6.45, 7) is 5.94. The molecule has 2 aliphatic heterocycles. The van der Waals surface area contributed by atoms with Crippen molar-refractivity contribution in [1.29, 1.82) is 0 Å². The first-order chi connectivity index (χ1) is 11.7. The van der Waals surface area contributed by atoms with Crippen molar-refractivity contribution >= 4 is 17.6 Å². The molecule has 0 atom stereocenters. The third-order valence-corrected chi connectivity index (χ3v) is 4.92. The predicted molar refractivity (Wildman–Crippen MR) is 97.1 cm³/mol. The topological polar surface area (TPSA) is 61.5 Å². The van der Waals surface area contributed by atoms with Gasteiger partial charge in [-0.05, 0) is 31.1 Å². The number of aromatic nitrogens is 2. The van der Waals surface area contributed by atoms with E-state index in [1.165, 1.54) is 11.1 Å². The quantitative estimate of drug-likeness (QED) is 0.908. The minimum absolute atomic E-state index is 0.357. The van der Waals surface area contributed by atoms with Crippen LogP contribution in [0.3, 0.4) is 0 Å². The molecular weight excluding hydrogens is 300 g/mol. The van der Waals surface area contributed by atoms with Crippen molar-refractivity contribution in [2.24, 2.45) is 0 Å². The van der Waals surface area contributed by atoms with E-state index in [1.54, 1.807) is 0 Å². The van der Waals surface area contributed by atoms with E-state index in [1.807, 2.05) is 0 Å². The Balaban J connectivity index is 1.58. The van der Waals surface area contributed by atoms with Crippen LogP contribution in [-0.4, -0.2) is 48.1 Å². The van der Waals surface area contributed by atoms with Gasteiger partial charge in [0.2, 0.25) is 5.95 Å². The third-order valence-electron chi connectivity index (χ3n) is 4.92. The van der Waals surface area contributed by atoms with E-state index in [0.29, 0.717) is 5.95 Å². The molecule has 0 saturated carbocycles. The maximum absolute atomic E-state index is 6.02. The van der Waals surface area contributed by atoms with E-state index >= 15 is 0 Å². The fourth-order valence-corrected chi connectivity index (χ4v) is 3.53. The molecule has 0 unspecified atom stereocenters. The number of likely N-dealkylation sites (N-methyl/N-ethyl adjacent to an activating group) is 1. The number of hydrogen-bond acceptors (Lipinski definition) is 6. The van der Waals surface area contributed by atoms with Gasteiger partial charge in [-0.2, -0.15) is 9.97 Å². The predicted octanol–water partition coefficient (Wildman–Crippen LogP) is 1.72. The molecule has 3 heterocycles. The van der Waals surface area contributed by atoms with Crippen LogP contribution in [0.4, 0.5) is 17.6 Å². The highest BCUT2D eigenvalue weighted by Gasteiger charge is 2.22. The number of nitrogens with two attached hydrogens (primary N) is 1. The summed E-state index contributed by atoms with van der Waals surface area (Å²) in [7, 11) is 2.17. The molecule has 0 spiro atoms. The van der Waals surface area contributed by atoms with Gasteiger partial charge in [0.05, 0.1) is 0 Å². The Morgan fingerprint density at radius 2 is 1.54 bits per heavy atom. The van der Waals surface area contributed by atoms with Crippen LogP contribution in [0.25, 0.3) is 0 Å². The number of rotatable bonds is 2. The average Bonchev–Trinajstić information content (AvgIpc) is 2.90. The molecule has 0 aliphatic carbocycles. The van der Waals surface area contributed by atoms with Gasteiger partial charge in [0.25, 0.3) is 0 Å². The zero-order chi connectivity index (χ0) is 16.5. The molecular formula is C18H24N6. The molecule has 1 fully saturated rings. The summed E-state index contributed by atoms with van der Waals surface area (Å²) in [6, 6.07) is 10.6. The van der Waals surface area contributed by atoms with E-state index in [4.69, 9.17) is 5.73 Å². The van der Waals surface area contributed by atoms with Crippen LogP contribution < -0.4 is 15.5 Å². The lowest BCUT2D eigenvalue weighted by Crippen LogP contribution is -2.30. The van der Waals surface area contributed by atoms with Crippen molar-refractivity contribution in [1.82, 2.24) is 14.9 Å². The van der Waals surface area contributed by atoms with Crippen LogP contribution in [0.1, 0.15) is 17.5 Å². The summed E-state index contributed by atoms with van der Waals surface area (Å²) in [4.78, 5) is 15.9. The van der Waals surface area contributed by atoms with Crippen molar-refractivity contribution in [3.63, 3.8) is 0 Å². The number of hydrogen-bond donors (Lipinski definition) is 1. The van der Waals surface area contributed by atoms with E-state index in [2.05, 4.69) is 62.0 Å². The standard InChI is InChI=1S/C18H24N6/c1-22-7-4-8-23(10-9-22)16-11-17(21-18(19)20-16)24-12-14-5-2-3-6-15(14)13-24/h2-3,5-6,11H,4,7-10,12-13H2,1H3,(H2,19,20,21). The Labute approximate surface area is 142 Å². The van der Waals surface area contributed by atoms with E-state index in [9.17, 15) is 0 Å². The highest BCUT2D eigenvalue weighted by Crippen LogP contribution is 2.29. The van der Waals surface area contributed by atoms with Crippen LogP contribution in [0.15, 0.2) is 30.3 Å². The lowest BCUT2D eigenvalue weighted by molar-refractivity contribution is 0.360. The second-order valence-corrected chi connectivity index (χ2v) is 6.71. The van der Waals surface area contributed by atoms with Crippen molar-refractivity contribution in [2.45, 2.75) is 19.5 Å². The number of benzene rings is 1. The summed E-state index contributed by atoms with van der Waals surface area (Å²) in [5, 5.41) is 0. The number of anilines is 3. The molecule has 24 heavy (non-hydrogen) atoms. The summed E-state index contributed by atoms with van der Waals surface area (Å²) < 4.78 is 0. The van der Waals surface area contributed by atoms with Gasteiger partial charge < -0.3 is 20.4 Å². The highest BCUT2D eigenvalue weighted by atomic mass is 15.3. The Hall–Kier alpha value is -2.34. The first-order valence-corrected chi connectivity index (χ1v) is 8.59. The van der Waals surface area contributed by atoms with Crippen LogP contribution >= 0.6 is 0 Å². The third kappa shape index (κ3) is 3.01. The number of nitrogen functional groups attached to an aromatic ring is 1. The van der Waals surface area contributed by atoms with E-state index < -0.39 is 0 Å². The lowest BCUT2D eigenvalue weighted by Gasteiger charge is -2.24. The van der Waals surface area contributed by atoms with Gasteiger partial charge in [-0.3, -0.25) is 0 Å². The zero-order valence-electron chi connectivity index (χ0n) is 14.1. The summed E-state index contributed by atoms with van der Waals surface area (Å²) in [6.07, 6.45) is 1.14. The Bertz CT molecular complexity index is 706. The monoisotopic (exact) mass is 324 g/mol. The van der Waals surface area contributed by atoms with Crippen LogP contribution in [0.2, 0.25) is 0 Å². The molecule has 126 valence electrons. The van der Waals surface area contributed by atoms with Crippen LogP contribution in [-0.2, 0) is 13.1 Å². The lowest BCUT2D eigenvalue weighted by atomic mass is 10.1. The largest absolute Gasteiger partial charge is 0.368 e. The molecule has 1 aromatic carbocycles. The second kappa shape index (κ2) is 6.28. The van der Waals surface area contributed by atoms with Gasteiger partial charge >= 0.3 is 0 Å². The van der Waals surface area contributed by atoms with Gasteiger partial charge in [0.15, 0.2) is 0 Å². The number of nitrogens with zero attached hydrogens (tertiary/aromatic N) is 5. The van der Waals surface area contributed by atoms with Gasteiger partial charge in [0.1, 0.15) is 11.6 Å². The minimum atomic E-state index is 0.357. The van der Waals surface area contributed by atoms with Crippen molar-refractivity contribution in [2.75, 3.05) is 48.8 Å². The van der Waals surface area contributed by atoms with E-state index in [0.717, 1.165) is 57.3 Å². The highest BCUT2D eigenvalue weighted by molar-refractivity contribution is 5.56. The molecule has 0 bridgehead atoms. The molecule has 2 aliphatic rings. The van der Waals surface area contributed by atoms with Crippen molar-refractivity contribution in [3.8, 4) is 0 Å². The maximum Gasteiger partial charge on any atom is 0.223 e. The fourth-order valence-electron chi connectivity index (χ4n) is 3.53. The molecule has 1 aromatic heterocycles.